The first-order valence-electron chi connectivity index (χ1n) is 7.58. The third kappa shape index (κ3) is 3.20. The first kappa shape index (κ1) is 15.9. The molecule has 1 aliphatic rings. The Hall–Kier alpha value is -2.01. The van der Waals surface area contributed by atoms with E-state index in [-0.39, 0.29) is 12.1 Å². The summed E-state index contributed by atoms with van der Waals surface area (Å²) >= 11 is 3.42. The van der Waals surface area contributed by atoms with Crippen molar-refractivity contribution in [3.8, 4) is 5.75 Å². The van der Waals surface area contributed by atoms with Gasteiger partial charge in [0, 0.05) is 23.2 Å². The molecule has 1 fully saturated rings. The van der Waals surface area contributed by atoms with E-state index in [1.807, 2.05) is 58.3 Å². The Morgan fingerprint density at radius 1 is 1.13 bits per heavy atom. The number of carbonyl (C=O) groups is 1. The number of ether oxygens (including phenoxy) is 1. The minimum atomic E-state index is 0.0121. The molecule has 1 saturated heterocycles. The number of hydrogen-bond acceptors (Lipinski definition) is 2. The number of halogens is 1. The van der Waals surface area contributed by atoms with Gasteiger partial charge in [0.1, 0.15) is 5.75 Å². The van der Waals surface area contributed by atoms with Crippen LogP contribution in [-0.4, -0.2) is 31.1 Å². The maximum absolute atomic E-state index is 12.8. The normalized spacial score (nSPS) is 15.9. The summed E-state index contributed by atoms with van der Waals surface area (Å²) in [6.07, 6.45) is 0. The first-order chi connectivity index (χ1) is 11.1. The van der Waals surface area contributed by atoms with Crippen LogP contribution in [0.3, 0.4) is 0 Å². The third-order valence-corrected chi connectivity index (χ3v) is 4.75. The Morgan fingerprint density at radius 3 is 2.57 bits per heavy atom. The SMILES string of the molecule is COc1cccc([C@@H](C)N2CCN(c3ccc(Br)cc3)C2=O)c1. The van der Waals surface area contributed by atoms with Crippen LogP contribution in [0, 0.1) is 0 Å². The second-order valence-corrected chi connectivity index (χ2v) is 6.47. The van der Waals surface area contributed by atoms with Crippen LogP contribution in [0.1, 0.15) is 18.5 Å². The molecule has 0 aliphatic carbocycles. The molecule has 3 rings (SSSR count). The van der Waals surface area contributed by atoms with Crippen LogP contribution in [0.15, 0.2) is 53.0 Å². The Kier molecular flexibility index (Phi) is 4.57. The lowest BCUT2D eigenvalue weighted by molar-refractivity contribution is 0.205. The lowest BCUT2D eigenvalue weighted by atomic mass is 10.1. The van der Waals surface area contributed by atoms with Crippen LogP contribution >= 0.6 is 15.9 Å². The number of carbonyl (C=O) groups excluding carboxylic acids is 1. The van der Waals surface area contributed by atoms with Crippen molar-refractivity contribution in [1.29, 1.82) is 0 Å². The highest BCUT2D eigenvalue weighted by Crippen LogP contribution is 2.30. The number of rotatable bonds is 4. The minimum absolute atomic E-state index is 0.0121. The van der Waals surface area contributed by atoms with Crippen molar-refractivity contribution < 1.29 is 9.53 Å². The van der Waals surface area contributed by atoms with Crippen molar-refractivity contribution >= 4 is 27.6 Å². The van der Waals surface area contributed by atoms with Gasteiger partial charge in [-0.05, 0) is 48.9 Å². The summed E-state index contributed by atoms with van der Waals surface area (Å²) in [4.78, 5) is 16.5. The summed E-state index contributed by atoms with van der Waals surface area (Å²) in [6.45, 7) is 3.47. The van der Waals surface area contributed by atoms with E-state index in [2.05, 4.69) is 22.9 Å². The van der Waals surface area contributed by atoms with E-state index in [1.54, 1.807) is 7.11 Å². The van der Waals surface area contributed by atoms with Gasteiger partial charge in [-0.3, -0.25) is 4.90 Å². The van der Waals surface area contributed by atoms with Gasteiger partial charge in [0.15, 0.2) is 0 Å². The molecule has 23 heavy (non-hydrogen) atoms. The van der Waals surface area contributed by atoms with Gasteiger partial charge in [-0.1, -0.05) is 28.1 Å². The average Bonchev–Trinajstić information content (AvgIpc) is 2.96. The van der Waals surface area contributed by atoms with E-state index in [9.17, 15) is 4.79 Å². The summed E-state index contributed by atoms with van der Waals surface area (Å²) in [7, 11) is 1.65. The fourth-order valence-corrected chi connectivity index (χ4v) is 3.12. The summed E-state index contributed by atoms with van der Waals surface area (Å²) < 4.78 is 6.29. The molecule has 1 atom stereocenters. The van der Waals surface area contributed by atoms with Gasteiger partial charge >= 0.3 is 6.03 Å². The standard InChI is InChI=1S/C18H19BrN2O2/c1-13(14-4-3-5-17(12-14)23-2)20-10-11-21(18(20)22)16-8-6-15(19)7-9-16/h3-9,12-13H,10-11H2,1-2H3/t13-/m1/s1. The maximum Gasteiger partial charge on any atom is 0.325 e. The number of amides is 2. The van der Waals surface area contributed by atoms with Crippen molar-refractivity contribution in [2.24, 2.45) is 0 Å². The second-order valence-electron chi connectivity index (χ2n) is 5.56. The molecule has 2 aromatic carbocycles. The highest BCUT2D eigenvalue weighted by Gasteiger charge is 2.33. The minimum Gasteiger partial charge on any atom is -0.497 e. The molecule has 0 saturated carbocycles. The smallest absolute Gasteiger partial charge is 0.325 e. The summed E-state index contributed by atoms with van der Waals surface area (Å²) in [5.41, 5.74) is 2.01. The quantitative estimate of drug-likeness (QED) is 0.791. The molecular formula is C18H19BrN2O2. The Bertz CT molecular complexity index is 702. The molecule has 5 heteroatoms. The molecule has 1 aliphatic heterocycles. The second kappa shape index (κ2) is 6.62. The largest absolute Gasteiger partial charge is 0.497 e. The Labute approximate surface area is 144 Å². The van der Waals surface area contributed by atoms with E-state index < -0.39 is 0 Å². The lowest BCUT2D eigenvalue weighted by Gasteiger charge is -2.25. The fraction of sp³-hybridized carbons (Fsp3) is 0.278. The molecule has 0 radical (unpaired) electrons. The fourth-order valence-electron chi connectivity index (χ4n) is 2.86. The highest BCUT2D eigenvalue weighted by atomic mass is 79.9. The summed E-state index contributed by atoms with van der Waals surface area (Å²) in [5.74, 6) is 0.811. The van der Waals surface area contributed by atoms with Crippen LogP contribution in [-0.2, 0) is 0 Å². The number of anilines is 1. The van der Waals surface area contributed by atoms with Crippen LogP contribution in [0.25, 0.3) is 0 Å². The van der Waals surface area contributed by atoms with Gasteiger partial charge in [-0.2, -0.15) is 0 Å². The van der Waals surface area contributed by atoms with Crippen molar-refractivity contribution in [3.63, 3.8) is 0 Å². The number of nitrogens with zero attached hydrogens (tertiary/aromatic N) is 2. The summed E-state index contributed by atoms with van der Waals surface area (Å²) in [5, 5.41) is 0. The number of methoxy groups -OCH3 is 1. The zero-order valence-corrected chi connectivity index (χ0v) is 14.8. The maximum atomic E-state index is 12.8. The van der Waals surface area contributed by atoms with Gasteiger partial charge in [-0.15, -0.1) is 0 Å². The van der Waals surface area contributed by atoms with Crippen LogP contribution in [0.5, 0.6) is 5.75 Å². The molecule has 4 nitrogen and oxygen atoms in total. The third-order valence-electron chi connectivity index (χ3n) is 4.22. The van der Waals surface area contributed by atoms with E-state index in [1.165, 1.54) is 0 Å². The van der Waals surface area contributed by atoms with Gasteiger partial charge < -0.3 is 9.64 Å². The number of benzene rings is 2. The molecule has 0 bridgehead atoms. The van der Waals surface area contributed by atoms with Crippen molar-refractivity contribution in [3.05, 3.63) is 58.6 Å². The molecule has 0 unspecified atom stereocenters. The molecule has 0 spiro atoms. The van der Waals surface area contributed by atoms with Crippen molar-refractivity contribution in [1.82, 2.24) is 4.90 Å². The van der Waals surface area contributed by atoms with E-state index in [4.69, 9.17) is 4.74 Å². The zero-order valence-electron chi connectivity index (χ0n) is 13.2. The molecule has 2 amide bonds. The van der Waals surface area contributed by atoms with Gasteiger partial charge in [0.05, 0.1) is 13.2 Å². The first-order valence-corrected chi connectivity index (χ1v) is 8.37. The molecule has 2 aromatic rings. The number of hydrogen-bond donors (Lipinski definition) is 0. The van der Waals surface area contributed by atoms with Crippen molar-refractivity contribution in [2.45, 2.75) is 13.0 Å². The predicted molar refractivity (Wildman–Crippen MR) is 95.0 cm³/mol. The van der Waals surface area contributed by atoms with Crippen LogP contribution in [0.2, 0.25) is 0 Å². The Balaban J connectivity index is 1.79. The molecule has 120 valence electrons. The van der Waals surface area contributed by atoms with E-state index >= 15 is 0 Å². The number of urea groups is 1. The average molecular weight is 375 g/mol. The van der Waals surface area contributed by atoms with Crippen LogP contribution < -0.4 is 9.64 Å². The molecular weight excluding hydrogens is 356 g/mol. The highest BCUT2D eigenvalue weighted by molar-refractivity contribution is 9.10. The Morgan fingerprint density at radius 2 is 1.87 bits per heavy atom. The molecule has 0 N–H and O–H groups in total. The van der Waals surface area contributed by atoms with E-state index in [0.29, 0.717) is 13.1 Å². The summed E-state index contributed by atoms with van der Waals surface area (Å²) in [6, 6.07) is 15.8. The van der Waals surface area contributed by atoms with Gasteiger partial charge in [0.25, 0.3) is 0 Å². The van der Waals surface area contributed by atoms with Crippen LogP contribution in [0.4, 0.5) is 10.5 Å². The topological polar surface area (TPSA) is 32.8 Å². The van der Waals surface area contributed by atoms with Crippen molar-refractivity contribution in [2.75, 3.05) is 25.1 Å². The zero-order chi connectivity index (χ0) is 16.4. The molecule has 0 aromatic heterocycles. The monoisotopic (exact) mass is 374 g/mol. The van der Waals surface area contributed by atoms with Gasteiger partial charge in [-0.25, -0.2) is 4.79 Å². The molecule has 1 heterocycles. The predicted octanol–water partition coefficient (Wildman–Crippen LogP) is 4.46. The van der Waals surface area contributed by atoms with Gasteiger partial charge in [0.2, 0.25) is 0 Å². The van der Waals surface area contributed by atoms with E-state index in [0.717, 1.165) is 21.5 Å². The lowest BCUT2D eigenvalue weighted by Crippen LogP contribution is -2.33.